The Balaban J connectivity index is 2.17. The maximum absolute atomic E-state index is 11.6. The van der Waals surface area contributed by atoms with E-state index in [9.17, 15) is 4.79 Å². The highest BCUT2D eigenvalue weighted by molar-refractivity contribution is 6.07. The van der Waals surface area contributed by atoms with Crippen molar-refractivity contribution in [3.05, 3.63) is 29.6 Å². The van der Waals surface area contributed by atoms with Gasteiger partial charge in [0.2, 0.25) is 0 Å². The zero-order valence-corrected chi connectivity index (χ0v) is 12.6. The Morgan fingerprint density at radius 2 is 2.18 bits per heavy atom. The Kier molecular flexibility index (Phi) is 3.66. The minimum Gasteiger partial charge on any atom is -0.465 e. The molecule has 22 heavy (non-hydrogen) atoms. The summed E-state index contributed by atoms with van der Waals surface area (Å²) >= 11 is 0. The number of fused-ring (bicyclic) bond motifs is 3. The van der Waals surface area contributed by atoms with Crippen LogP contribution in [0.4, 0.5) is 5.82 Å². The predicted molar refractivity (Wildman–Crippen MR) is 85.8 cm³/mol. The first-order valence-electron chi connectivity index (χ1n) is 7.30. The number of imidazole rings is 1. The van der Waals surface area contributed by atoms with Gasteiger partial charge in [0.05, 0.1) is 18.2 Å². The van der Waals surface area contributed by atoms with E-state index in [0.29, 0.717) is 16.9 Å². The molecule has 2 aromatic heterocycles. The molecular formula is C16H18N4O2. The molecule has 0 spiro atoms. The Hall–Kier alpha value is -2.63. The number of pyridine rings is 1. The number of aromatic nitrogens is 3. The van der Waals surface area contributed by atoms with Crippen LogP contribution in [0, 0.1) is 0 Å². The molecule has 0 saturated carbocycles. The van der Waals surface area contributed by atoms with Gasteiger partial charge >= 0.3 is 5.97 Å². The summed E-state index contributed by atoms with van der Waals surface area (Å²) in [6, 6.07) is 5.23. The third-order valence-corrected chi connectivity index (χ3v) is 3.69. The van der Waals surface area contributed by atoms with Gasteiger partial charge in [-0.15, -0.1) is 0 Å². The highest BCUT2D eigenvalue weighted by atomic mass is 16.5. The van der Waals surface area contributed by atoms with Gasteiger partial charge < -0.3 is 15.5 Å². The second kappa shape index (κ2) is 5.63. The van der Waals surface area contributed by atoms with E-state index in [1.807, 2.05) is 6.07 Å². The molecule has 3 rings (SSSR count). The molecule has 6 heteroatoms. The second-order valence-corrected chi connectivity index (χ2v) is 5.23. The third kappa shape index (κ3) is 2.36. The first-order valence-corrected chi connectivity index (χ1v) is 7.30. The molecule has 0 amide bonds. The number of esters is 1. The van der Waals surface area contributed by atoms with E-state index in [1.54, 1.807) is 12.1 Å². The molecule has 114 valence electrons. The number of methoxy groups -OCH3 is 1. The lowest BCUT2D eigenvalue weighted by Gasteiger charge is -2.03. The number of aromatic amines is 1. The normalized spacial score (nSPS) is 11.2. The maximum Gasteiger partial charge on any atom is 0.337 e. The average molecular weight is 298 g/mol. The van der Waals surface area contributed by atoms with Gasteiger partial charge in [0.1, 0.15) is 22.7 Å². The number of rotatable bonds is 4. The number of hydrogen-bond acceptors (Lipinski definition) is 5. The number of carbonyl (C=O) groups is 1. The van der Waals surface area contributed by atoms with E-state index in [2.05, 4.69) is 21.9 Å². The van der Waals surface area contributed by atoms with Crippen LogP contribution < -0.4 is 5.73 Å². The fourth-order valence-electron chi connectivity index (χ4n) is 2.52. The highest BCUT2D eigenvalue weighted by Crippen LogP contribution is 2.27. The van der Waals surface area contributed by atoms with E-state index < -0.39 is 5.97 Å². The fourth-order valence-corrected chi connectivity index (χ4v) is 2.52. The Labute approximate surface area is 127 Å². The van der Waals surface area contributed by atoms with Crippen molar-refractivity contribution >= 4 is 33.7 Å². The summed E-state index contributed by atoms with van der Waals surface area (Å²) < 4.78 is 4.73. The van der Waals surface area contributed by atoms with Crippen molar-refractivity contribution in [2.24, 2.45) is 0 Å². The standard InChI is InChI=1S/C16H18N4O2/c1-3-4-5-12-19-13-10-7-6-9(16(21)22-2)8-11(10)18-15(17)14(13)20-12/h6-8H,3-5H2,1-2H3,(H2,17,18)(H,19,20). The molecule has 1 aromatic carbocycles. The zero-order chi connectivity index (χ0) is 15.7. The van der Waals surface area contributed by atoms with E-state index in [1.165, 1.54) is 7.11 Å². The number of nitrogens with zero attached hydrogens (tertiary/aromatic N) is 2. The number of unbranched alkanes of at least 4 members (excludes halogenated alkanes) is 1. The minimum atomic E-state index is -0.395. The van der Waals surface area contributed by atoms with Gasteiger partial charge in [-0.1, -0.05) is 13.3 Å². The number of hydrogen-bond donors (Lipinski definition) is 2. The maximum atomic E-state index is 11.6. The summed E-state index contributed by atoms with van der Waals surface area (Å²) in [5.41, 5.74) is 8.66. The van der Waals surface area contributed by atoms with Gasteiger partial charge in [0.15, 0.2) is 0 Å². The van der Waals surface area contributed by atoms with Gasteiger partial charge in [-0.05, 0) is 24.6 Å². The number of anilines is 1. The SMILES string of the molecule is CCCCc1nc2c([nH]1)c(N)nc1cc(C(=O)OC)ccc12. The Bertz CT molecular complexity index is 854. The lowest BCUT2D eigenvalue weighted by molar-refractivity contribution is 0.0601. The van der Waals surface area contributed by atoms with Crippen molar-refractivity contribution < 1.29 is 9.53 Å². The van der Waals surface area contributed by atoms with Crippen LogP contribution in [-0.4, -0.2) is 28.0 Å². The fraction of sp³-hybridized carbons (Fsp3) is 0.312. The van der Waals surface area contributed by atoms with Crippen molar-refractivity contribution in [2.75, 3.05) is 12.8 Å². The van der Waals surface area contributed by atoms with Crippen LogP contribution in [0.3, 0.4) is 0 Å². The molecule has 0 bridgehead atoms. The number of aryl methyl sites for hydroxylation is 1. The van der Waals surface area contributed by atoms with E-state index >= 15 is 0 Å². The number of nitrogens with one attached hydrogen (secondary N) is 1. The number of nitrogens with two attached hydrogens (primary N) is 1. The molecule has 6 nitrogen and oxygen atoms in total. The molecule has 3 N–H and O–H groups in total. The van der Waals surface area contributed by atoms with Crippen molar-refractivity contribution in [1.29, 1.82) is 0 Å². The number of ether oxygens (including phenoxy) is 1. The molecule has 0 aliphatic carbocycles. The minimum absolute atomic E-state index is 0.389. The van der Waals surface area contributed by atoms with Crippen LogP contribution >= 0.6 is 0 Å². The number of nitrogen functional groups attached to an aromatic ring is 1. The van der Waals surface area contributed by atoms with E-state index in [4.69, 9.17) is 10.5 Å². The van der Waals surface area contributed by atoms with E-state index in [0.717, 1.165) is 41.5 Å². The van der Waals surface area contributed by atoms with Crippen LogP contribution in [0.25, 0.3) is 21.9 Å². The van der Waals surface area contributed by atoms with Gasteiger partial charge in [0.25, 0.3) is 0 Å². The number of benzene rings is 1. The third-order valence-electron chi connectivity index (χ3n) is 3.69. The smallest absolute Gasteiger partial charge is 0.337 e. The number of carbonyl (C=O) groups excluding carboxylic acids is 1. The molecule has 3 aromatic rings. The summed E-state index contributed by atoms with van der Waals surface area (Å²) in [7, 11) is 1.35. The lowest BCUT2D eigenvalue weighted by atomic mass is 10.1. The molecule has 0 aliphatic heterocycles. The molecule has 0 unspecified atom stereocenters. The largest absolute Gasteiger partial charge is 0.465 e. The summed E-state index contributed by atoms with van der Waals surface area (Å²) in [5.74, 6) is 0.905. The first kappa shape index (κ1) is 14.3. The van der Waals surface area contributed by atoms with Crippen LogP contribution in [0.15, 0.2) is 18.2 Å². The summed E-state index contributed by atoms with van der Waals surface area (Å²) in [6.45, 7) is 2.14. The molecule has 0 saturated heterocycles. The predicted octanol–water partition coefficient (Wildman–Crippen LogP) is 2.82. The summed E-state index contributed by atoms with van der Waals surface area (Å²) in [4.78, 5) is 23.9. The Morgan fingerprint density at radius 1 is 1.36 bits per heavy atom. The second-order valence-electron chi connectivity index (χ2n) is 5.23. The van der Waals surface area contributed by atoms with E-state index in [-0.39, 0.29) is 0 Å². The Morgan fingerprint density at radius 3 is 2.91 bits per heavy atom. The molecule has 2 heterocycles. The molecule has 0 atom stereocenters. The van der Waals surface area contributed by atoms with Crippen molar-refractivity contribution in [3.8, 4) is 0 Å². The van der Waals surface area contributed by atoms with Crippen LogP contribution in [0.1, 0.15) is 35.9 Å². The quantitative estimate of drug-likeness (QED) is 0.722. The zero-order valence-electron chi connectivity index (χ0n) is 12.6. The van der Waals surface area contributed by atoms with Gasteiger partial charge in [0, 0.05) is 11.8 Å². The monoisotopic (exact) mass is 298 g/mol. The summed E-state index contributed by atoms with van der Waals surface area (Å²) in [5, 5.41) is 0.871. The van der Waals surface area contributed by atoms with Crippen molar-refractivity contribution in [1.82, 2.24) is 15.0 Å². The molecular weight excluding hydrogens is 280 g/mol. The van der Waals surface area contributed by atoms with Crippen LogP contribution in [0.2, 0.25) is 0 Å². The van der Waals surface area contributed by atoms with Crippen LogP contribution in [0.5, 0.6) is 0 Å². The summed E-state index contributed by atoms with van der Waals surface area (Å²) in [6.07, 6.45) is 3.05. The topological polar surface area (TPSA) is 93.9 Å². The van der Waals surface area contributed by atoms with Crippen molar-refractivity contribution in [2.45, 2.75) is 26.2 Å². The average Bonchev–Trinajstić information content (AvgIpc) is 2.96. The molecule has 0 radical (unpaired) electrons. The lowest BCUT2D eigenvalue weighted by Crippen LogP contribution is -2.01. The highest BCUT2D eigenvalue weighted by Gasteiger charge is 2.14. The number of H-pyrrole nitrogens is 1. The first-order chi connectivity index (χ1) is 10.6. The molecule has 0 aliphatic rings. The van der Waals surface area contributed by atoms with Crippen molar-refractivity contribution in [3.63, 3.8) is 0 Å². The molecule has 0 fully saturated rings. The van der Waals surface area contributed by atoms with Gasteiger partial charge in [-0.2, -0.15) is 0 Å². The van der Waals surface area contributed by atoms with Gasteiger partial charge in [-0.25, -0.2) is 14.8 Å². The van der Waals surface area contributed by atoms with Gasteiger partial charge in [-0.3, -0.25) is 0 Å². The van der Waals surface area contributed by atoms with Crippen LogP contribution in [-0.2, 0) is 11.2 Å².